The molecule has 1 aromatic carbocycles. The summed E-state index contributed by atoms with van der Waals surface area (Å²) < 4.78 is 23.2. The van der Waals surface area contributed by atoms with E-state index in [-0.39, 0.29) is 11.5 Å². The van der Waals surface area contributed by atoms with Gasteiger partial charge in [-0.15, -0.1) is 0 Å². The predicted octanol–water partition coefficient (Wildman–Crippen LogP) is 1.23. The Hall–Kier alpha value is -2.49. The molecule has 0 aliphatic carbocycles. The topological polar surface area (TPSA) is 144 Å². The third-order valence-corrected chi connectivity index (χ3v) is 4.65. The minimum atomic E-state index is -3.78. The molecule has 0 radical (unpaired) electrons. The lowest BCUT2D eigenvalue weighted by molar-refractivity contribution is -0.385. The molecular formula is C14H18N2O7S. The standard InChI is InChI=1S/C14H18N2O7S/c1-4-8(2)12(14(18)19)15-13(17)9-5-10(16(20)21)7-11(6-9)24(3,22)23/h5-8,12H,4H2,1-3H3,(H,15,17)(H,18,19)/t8-,12-/m0/s1. The summed E-state index contributed by atoms with van der Waals surface area (Å²) in [5, 5.41) is 22.4. The van der Waals surface area contributed by atoms with Gasteiger partial charge < -0.3 is 10.4 Å². The number of nitrogens with zero attached hydrogens (tertiary/aromatic N) is 1. The number of rotatable bonds is 7. The number of nitro groups is 1. The Morgan fingerprint density at radius 1 is 1.33 bits per heavy atom. The number of amides is 1. The first-order valence-electron chi connectivity index (χ1n) is 7.00. The van der Waals surface area contributed by atoms with Gasteiger partial charge in [-0.3, -0.25) is 14.9 Å². The van der Waals surface area contributed by atoms with Crippen LogP contribution in [-0.2, 0) is 14.6 Å². The molecule has 2 atom stereocenters. The smallest absolute Gasteiger partial charge is 0.326 e. The number of hydrogen-bond donors (Lipinski definition) is 2. The highest BCUT2D eigenvalue weighted by Gasteiger charge is 2.27. The molecule has 10 heteroatoms. The Morgan fingerprint density at radius 3 is 2.33 bits per heavy atom. The van der Waals surface area contributed by atoms with Crippen molar-refractivity contribution in [1.29, 1.82) is 0 Å². The molecule has 0 saturated carbocycles. The number of non-ortho nitro benzene ring substituents is 1. The average Bonchev–Trinajstić information content (AvgIpc) is 2.49. The summed E-state index contributed by atoms with van der Waals surface area (Å²) >= 11 is 0. The van der Waals surface area contributed by atoms with Crippen LogP contribution in [0, 0.1) is 16.0 Å². The summed E-state index contributed by atoms with van der Waals surface area (Å²) in [7, 11) is -3.78. The number of benzene rings is 1. The van der Waals surface area contributed by atoms with E-state index in [0.29, 0.717) is 6.42 Å². The SMILES string of the molecule is CC[C@H](C)[C@H](NC(=O)c1cc([N+](=O)[O-])cc(S(C)(=O)=O)c1)C(=O)O. The summed E-state index contributed by atoms with van der Waals surface area (Å²) in [4.78, 5) is 33.2. The molecule has 9 nitrogen and oxygen atoms in total. The Bertz CT molecular complexity index is 773. The predicted molar refractivity (Wildman–Crippen MR) is 84.6 cm³/mol. The number of carbonyl (C=O) groups excluding carboxylic acids is 1. The molecule has 0 heterocycles. The molecule has 0 spiro atoms. The van der Waals surface area contributed by atoms with E-state index in [1.165, 1.54) is 0 Å². The van der Waals surface area contributed by atoms with Crippen molar-refractivity contribution in [2.45, 2.75) is 31.2 Å². The Kier molecular flexibility index (Phi) is 6.02. The summed E-state index contributed by atoms with van der Waals surface area (Å²) in [6.45, 7) is 3.39. The van der Waals surface area contributed by atoms with E-state index in [9.17, 15) is 33.2 Å². The molecule has 1 rings (SSSR count). The van der Waals surface area contributed by atoms with Gasteiger partial charge in [-0.25, -0.2) is 13.2 Å². The number of carbonyl (C=O) groups is 2. The lowest BCUT2D eigenvalue weighted by Crippen LogP contribution is -2.45. The second-order valence-electron chi connectivity index (χ2n) is 5.42. The first-order valence-corrected chi connectivity index (χ1v) is 8.89. The van der Waals surface area contributed by atoms with Crippen LogP contribution < -0.4 is 5.32 Å². The number of nitro benzene ring substituents is 1. The maximum Gasteiger partial charge on any atom is 0.326 e. The van der Waals surface area contributed by atoms with Crippen molar-refractivity contribution in [3.8, 4) is 0 Å². The van der Waals surface area contributed by atoms with Gasteiger partial charge >= 0.3 is 5.97 Å². The number of aliphatic carboxylic acids is 1. The van der Waals surface area contributed by atoms with Crippen LogP contribution in [0.2, 0.25) is 0 Å². The molecule has 132 valence electrons. The molecule has 1 amide bonds. The molecule has 0 aliphatic rings. The molecule has 0 bridgehead atoms. The van der Waals surface area contributed by atoms with Crippen LogP contribution in [0.25, 0.3) is 0 Å². The Balaban J connectivity index is 3.29. The quantitative estimate of drug-likeness (QED) is 0.551. The minimum absolute atomic E-state index is 0.292. The minimum Gasteiger partial charge on any atom is -0.480 e. The van der Waals surface area contributed by atoms with Crippen LogP contribution in [0.3, 0.4) is 0 Å². The monoisotopic (exact) mass is 358 g/mol. The molecule has 0 aliphatic heterocycles. The fourth-order valence-corrected chi connectivity index (χ4v) is 2.62. The largest absolute Gasteiger partial charge is 0.480 e. The lowest BCUT2D eigenvalue weighted by Gasteiger charge is -2.20. The average molecular weight is 358 g/mol. The van der Waals surface area contributed by atoms with Crippen LogP contribution in [-0.4, -0.2) is 42.6 Å². The zero-order valence-corrected chi connectivity index (χ0v) is 14.2. The first-order chi connectivity index (χ1) is 11.0. The van der Waals surface area contributed by atoms with E-state index in [4.69, 9.17) is 0 Å². The van der Waals surface area contributed by atoms with Crippen molar-refractivity contribution in [3.63, 3.8) is 0 Å². The third kappa shape index (κ3) is 4.75. The molecule has 2 N–H and O–H groups in total. The summed E-state index contributed by atoms with van der Waals surface area (Å²) in [6.07, 6.45) is 1.34. The Morgan fingerprint density at radius 2 is 1.92 bits per heavy atom. The number of carboxylic acids is 1. The number of nitrogens with one attached hydrogen (secondary N) is 1. The first kappa shape index (κ1) is 19.6. The second-order valence-corrected chi connectivity index (χ2v) is 7.44. The third-order valence-electron chi connectivity index (χ3n) is 3.56. The van der Waals surface area contributed by atoms with Crippen molar-refractivity contribution < 1.29 is 28.0 Å². The van der Waals surface area contributed by atoms with Gasteiger partial charge in [-0.05, 0) is 12.0 Å². The summed E-state index contributed by atoms with van der Waals surface area (Å²) in [6, 6.07) is 1.53. The van der Waals surface area contributed by atoms with Crippen molar-refractivity contribution in [3.05, 3.63) is 33.9 Å². The highest BCUT2D eigenvalue weighted by Crippen LogP contribution is 2.21. The zero-order chi connectivity index (χ0) is 18.7. The van der Waals surface area contributed by atoms with Crippen LogP contribution in [0.15, 0.2) is 23.1 Å². The molecular weight excluding hydrogens is 340 g/mol. The van der Waals surface area contributed by atoms with E-state index in [2.05, 4.69) is 5.32 Å². The molecule has 0 fully saturated rings. The maximum absolute atomic E-state index is 12.2. The molecule has 24 heavy (non-hydrogen) atoms. The fourth-order valence-electron chi connectivity index (χ4n) is 1.94. The van der Waals surface area contributed by atoms with Crippen LogP contribution in [0.1, 0.15) is 30.6 Å². The molecule has 0 unspecified atom stereocenters. The maximum atomic E-state index is 12.2. The van der Waals surface area contributed by atoms with E-state index in [1.54, 1.807) is 13.8 Å². The van der Waals surface area contributed by atoms with Gasteiger partial charge in [0.2, 0.25) is 0 Å². The van der Waals surface area contributed by atoms with Crippen LogP contribution in [0.5, 0.6) is 0 Å². The summed E-state index contributed by atoms with van der Waals surface area (Å²) in [5.41, 5.74) is -0.863. The van der Waals surface area contributed by atoms with Gasteiger partial charge in [0.15, 0.2) is 9.84 Å². The van der Waals surface area contributed by atoms with Gasteiger partial charge in [0.05, 0.1) is 9.82 Å². The number of hydrogen-bond acceptors (Lipinski definition) is 6. The fraction of sp³-hybridized carbons (Fsp3) is 0.429. The van der Waals surface area contributed by atoms with Crippen molar-refractivity contribution >= 4 is 27.4 Å². The van der Waals surface area contributed by atoms with Crippen molar-refractivity contribution in [2.24, 2.45) is 5.92 Å². The van der Waals surface area contributed by atoms with E-state index in [1.807, 2.05) is 0 Å². The molecule has 0 saturated heterocycles. The van der Waals surface area contributed by atoms with Gasteiger partial charge in [0.25, 0.3) is 11.6 Å². The number of carboxylic acid groups (broad SMARTS) is 1. The van der Waals surface area contributed by atoms with E-state index < -0.39 is 43.3 Å². The van der Waals surface area contributed by atoms with Gasteiger partial charge in [0.1, 0.15) is 6.04 Å². The van der Waals surface area contributed by atoms with E-state index >= 15 is 0 Å². The normalized spacial score (nSPS) is 13.8. The number of sulfone groups is 1. The molecule has 0 aromatic heterocycles. The van der Waals surface area contributed by atoms with Gasteiger partial charge in [-0.1, -0.05) is 20.3 Å². The van der Waals surface area contributed by atoms with Gasteiger partial charge in [0, 0.05) is 24.0 Å². The zero-order valence-electron chi connectivity index (χ0n) is 13.3. The summed E-state index contributed by atoms with van der Waals surface area (Å²) in [5.74, 6) is -2.51. The molecule has 1 aromatic rings. The van der Waals surface area contributed by atoms with Crippen molar-refractivity contribution in [2.75, 3.05) is 6.26 Å². The van der Waals surface area contributed by atoms with Crippen LogP contribution in [0.4, 0.5) is 5.69 Å². The van der Waals surface area contributed by atoms with Gasteiger partial charge in [-0.2, -0.15) is 0 Å². The highest BCUT2D eigenvalue weighted by molar-refractivity contribution is 7.90. The van der Waals surface area contributed by atoms with E-state index in [0.717, 1.165) is 24.5 Å². The second kappa shape index (κ2) is 7.39. The lowest BCUT2D eigenvalue weighted by atomic mass is 9.99. The van der Waals surface area contributed by atoms with Crippen molar-refractivity contribution in [1.82, 2.24) is 5.32 Å². The highest BCUT2D eigenvalue weighted by atomic mass is 32.2. The Labute approximate surface area is 138 Å². The van der Waals surface area contributed by atoms with Crippen LogP contribution >= 0.6 is 0 Å².